The SMILES string of the molecule is COC(=O)Cc1cccc(-c2ccc(C(=O)N3CCCCC3)cc2)c1. The summed E-state index contributed by atoms with van der Waals surface area (Å²) in [6.07, 6.45) is 3.66. The lowest BCUT2D eigenvalue weighted by Crippen LogP contribution is -2.35. The quantitative estimate of drug-likeness (QED) is 0.799. The number of hydrogen-bond acceptors (Lipinski definition) is 3. The van der Waals surface area contributed by atoms with Crippen LogP contribution >= 0.6 is 0 Å². The van der Waals surface area contributed by atoms with Crippen molar-refractivity contribution in [2.24, 2.45) is 0 Å². The van der Waals surface area contributed by atoms with Crippen LogP contribution in [0.25, 0.3) is 11.1 Å². The number of nitrogens with zero attached hydrogens (tertiary/aromatic N) is 1. The third-order valence-corrected chi connectivity index (χ3v) is 4.61. The number of benzene rings is 2. The molecule has 0 spiro atoms. The molecule has 3 rings (SSSR count). The van der Waals surface area contributed by atoms with Gasteiger partial charge in [0.2, 0.25) is 0 Å². The highest BCUT2D eigenvalue weighted by atomic mass is 16.5. The topological polar surface area (TPSA) is 46.6 Å². The Balaban J connectivity index is 1.74. The standard InChI is InChI=1S/C21H23NO3/c1-25-20(23)15-16-6-5-7-19(14-16)17-8-10-18(11-9-17)21(24)22-12-3-2-4-13-22/h5-11,14H,2-4,12-13,15H2,1H3. The summed E-state index contributed by atoms with van der Waals surface area (Å²) in [7, 11) is 1.39. The summed E-state index contributed by atoms with van der Waals surface area (Å²) in [6, 6.07) is 15.5. The molecule has 4 nitrogen and oxygen atoms in total. The van der Waals surface area contributed by atoms with Crippen molar-refractivity contribution >= 4 is 11.9 Å². The number of methoxy groups -OCH3 is 1. The lowest BCUT2D eigenvalue weighted by atomic mass is 10.00. The molecule has 4 heteroatoms. The summed E-state index contributed by atoms with van der Waals surface area (Å²) in [5, 5.41) is 0. The maximum Gasteiger partial charge on any atom is 0.309 e. The van der Waals surface area contributed by atoms with Crippen LogP contribution in [0.1, 0.15) is 35.2 Å². The Hall–Kier alpha value is -2.62. The lowest BCUT2D eigenvalue weighted by Gasteiger charge is -2.26. The van der Waals surface area contributed by atoms with E-state index in [2.05, 4.69) is 0 Å². The molecule has 2 aromatic rings. The number of ether oxygens (including phenoxy) is 1. The fraction of sp³-hybridized carbons (Fsp3) is 0.333. The molecule has 1 amide bonds. The van der Waals surface area contributed by atoms with E-state index in [1.165, 1.54) is 13.5 Å². The van der Waals surface area contributed by atoms with E-state index in [-0.39, 0.29) is 18.3 Å². The third-order valence-electron chi connectivity index (χ3n) is 4.61. The molecule has 25 heavy (non-hydrogen) atoms. The van der Waals surface area contributed by atoms with Crippen LogP contribution in [0.3, 0.4) is 0 Å². The van der Waals surface area contributed by atoms with Gasteiger partial charge in [0.15, 0.2) is 0 Å². The second-order valence-corrected chi connectivity index (χ2v) is 6.38. The smallest absolute Gasteiger partial charge is 0.309 e. The Bertz CT molecular complexity index is 746. The first kappa shape index (κ1) is 17.2. The third kappa shape index (κ3) is 4.27. The van der Waals surface area contributed by atoms with Gasteiger partial charge >= 0.3 is 5.97 Å². The van der Waals surface area contributed by atoms with Gasteiger partial charge in [0, 0.05) is 18.7 Å². The van der Waals surface area contributed by atoms with E-state index in [9.17, 15) is 9.59 Å². The zero-order valence-corrected chi connectivity index (χ0v) is 14.5. The zero-order valence-electron chi connectivity index (χ0n) is 14.5. The van der Waals surface area contributed by atoms with Gasteiger partial charge in [-0.15, -0.1) is 0 Å². The van der Waals surface area contributed by atoms with E-state index >= 15 is 0 Å². The van der Waals surface area contributed by atoms with Crippen molar-refractivity contribution in [2.45, 2.75) is 25.7 Å². The monoisotopic (exact) mass is 337 g/mol. The number of rotatable bonds is 4. The van der Waals surface area contributed by atoms with Gasteiger partial charge in [0.25, 0.3) is 5.91 Å². The van der Waals surface area contributed by atoms with Crippen molar-refractivity contribution in [3.8, 4) is 11.1 Å². The second-order valence-electron chi connectivity index (χ2n) is 6.38. The van der Waals surface area contributed by atoms with Crippen molar-refractivity contribution in [2.75, 3.05) is 20.2 Å². The highest BCUT2D eigenvalue weighted by Gasteiger charge is 2.18. The first-order valence-corrected chi connectivity index (χ1v) is 8.73. The lowest BCUT2D eigenvalue weighted by molar-refractivity contribution is -0.139. The Morgan fingerprint density at radius 1 is 0.960 bits per heavy atom. The molecule has 1 saturated heterocycles. The van der Waals surface area contributed by atoms with Gasteiger partial charge in [0.1, 0.15) is 0 Å². The largest absolute Gasteiger partial charge is 0.469 e. The van der Waals surface area contributed by atoms with E-state index < -0.39 is 0 Å². The van der Waals surface area contributed by atoms with Gasteiger partial charge in [-0.1, -0.05) is 36.4 Å². The van der Waals surface area contributed by atoms with E-state index in [1.807, 2.05) is 53.4 Å². The Morgan fingerprint density at radius 2 is 1.68 bits per heavy atom. The molecule has 1 heterocycles. The van der Waals surface area contributed by atoms with Crippen molar-refractivity contribution in [3.05, 3.63) is 59.7 Å². The van der Waals surface area contributed by atoms with E-state index in [0.29, 0.717) is 0 Å². The van der Waals surface area contributed by atoms with E-state index in [1.54, 1.807) is 0 Å². The summed E-state index contributed by atoms with van der Waals surface area (Å²) in [5.41, 5.74) is 3.70. The Morgan fingerprint density at radius 3 is 2.36 bits per heavy atom. The van der Waals surface area contributed by atoms with Gasteiger partial charge in [-0.2, -0.15) is 0 Å². The van der Waals surface area contributed by atoms with Crippen LogP contribution in [-0.4, -0.2) is 37.0 Å². The Labute approximate surface area is 148 Å². The predicted octanol–water partition coefficient (Wildman–Crippen LogP) is 3.70. The van der Waals surface area contributed by atoms with Gasteiger partial charge in [-0.25, -0.2) is 0 Å². The summed E-state index contributed by atoms with van der Waals surface area (Å²) in [5.74, 6) is -0.134. The van der Waals surface area contributed by atoms with Crippen LogP contribution in [0, 0.1) is 0 Å². The van der Waals surface area contributed by atoms with Crippen molar-refractivity contribution in [1.82, 2.24) is 4.90 Å². The number of esters is 1. The van der Waals surface area contributed by atoms with Crippen molar-refractivity contribution in [1.29, 1.82) is 0 Å². The summed E-state index contributed by atoms with van der Waals surface area (Å²) in [4.78, 5) is 25.9. The van der Waals surface area contributed by atoms with Gasteiger partial charge in [-0.05, 0) is 48.1 Å². The molecule has 0 bridgehead atoms. The number of carbonyl (C=O) groups is 2. The molecular formula is C21H23NO3. The number of carbonyl (C=O) groups excluding carboxylic acids is 2. The molecule has 0 N–H and O–H groups in total. The van der Waals surface area contributed by atoms with Crippen LogP contribution in [0.15, 0.2) is 48.5 Å². The molecule has 0 atom stereocenters. The highest BCUT2D eigenvalue weighted by Crippen LogP contribution is 2.22. The van der Waals surface area contributed by atoms with Crippen LogP contribution in [0.2, 0.25) is 0 Å². The molecule has 0 radical (unpaired) electrons. The molecule has 0 aliphatic carbocycles. The van der Waals surface area contributed by atoms with Crippen LogP contribution in [0.5, 0.6) is 0 Å². The Kier molecular flexibility index (Phi) is 5.49. The highest BCUT2D eigenvalue weighted by molar-refractivity contribution is 5.94. The molecule has 1 fully saturated rings. The van der Waals surface area contributed by atoms with Crippen LogP contribution < -0.4 is 0 Å². The second kappa shape index (κ2) is 7.97. The molecule has 1 aliphatic heterocycles. The maximum atomic E-state index is 12.5. The van der Waals surface area contributed by atoms with Crippen molar-refractivity contribution < 1.29 is 14.3 Å². The maximum absolute atomic E-state index is 12.5. The number of likely N-dealkylation sites (tertiary alicyclic amines) is 1. The molecule has 2 aromatic carbocycles. The minimum Gasteiger partial charge on any atom is -0.469 e. The summed E-state index contributed by atoms with van der Waals surface area (Å²) in [6.45, 7) is 1.71. The average molecular weight is 337 g/mol. The van der Waals surface area contributed by atoms with Gasteiger partial charge in [-0.3, -0.25) is 9.59 Å². The minimum atomic E-state index is -0.250. The van der Waals surface area contributed by atoms with Gasteiger partial charge in [0.05, 0.1) is 13.5 Å². The fourth-order valence-corrected chi connectivity index (χ4v) is 3.18. The zero-order chi connectivity index (χ0) is 17.6. The predicted molar refractivity (Wildman–Crippen MR) is 97.4 cm³/mol. The first-order valence-electron chi connectivity index (χ1n) is 8.73. The normalized spacial score (nSPS) is 14.2. The molecule has 0 saturated carbocycles. The van der Waals surface area contributed by atoms with Crippen LogP contribution in [-0.2, 0) is 16.0 Å². The average Bonchev–Trinajstić information content (AvgIpc) is 2.68. The minimum absolute atomic E-state index is 0.116. The molecule has 130 valence electrons. The number of hydrogen-bond donors (Lipinski definition) is 0. The summed E-state index contributed by atoms with van der Waals surface area (Å²) < 4.78 is 4.72. The number of piperidine rings is 1. The molecule has 0 aromatic heterocycles. The fourth-order valence-electron chi connectivity index (χ4n) is 3.18. The molecule has 0 unspecified atom stereocenters. The summed E-state index contributed by atoms with van der Waals surface area (Å²) >= 11 is 0. The molecular weight excluding hydrogens is 314 g/mol. The van der Waals surface area contributed by atoms with Crippen LogP contribution in [0.4, 0.5) is 0 Å². The first-order chi connectivity index (χ1) is 12.2. The van der Waals surface area contributed by atoms with E-state index in [4.69, 9.17) is 4.74 Å². The number of amides is 1. The van der Waals surface area contributed by atoms with E-state index in [0.717, 1.165) is 48.2 Å². The van der Waals surface area contributed by atoms with Crippen molar-refractivity contribution in [3.63, 3.8) is 0 Å². The van der Waals surface area contributed by atoms with Gasteiger partial charge < -0.3 is 9.64 Å². The molecule has 1 aliphatic rings.